The van der Waals surface area contributed by atoms with Gasteiger partial charge < -0.3 is 15.4 Å². The van der Waals surface area contributed by atoms with Crippen molar-refractivity contribution in [2.75, 3.05) is 18.5 Å². The minimum absolute atomic E-state index is 0.117. The van der Waals surface area contributed by atoms with Gasteiger partial charge in [0, 0.05) is 34.4 Å². The van der Waals surface area contributed by atoms with Crippen molar-refractivity contribution in [2.24, 2.45) is 0 Å². The quantitative estimate of drug-likeness (QED) is 0.775. The average molecular weight is 417 g/mol. The number of hydrogen-bond acceptors (Lipinski definition) is 3. The van der Waals surface area contributed by atoms with E-state index in [1.165, 1.54) is 0 Å². The minimum atomic E-state index is -0.193. The van der Waals surface area contributed by atoms with Gasteiger partial charge in [-0.1, -0.05) is 22.0 Å². The highest BCUT2D eigenvalue weighted by Gasteiger charge is 2.16. The van der Waals surface area contributed by atoms with E-state index in [1.807, 2.05) is 13.0 Å². The van der Waals surface area contributed by atoms with Crippen molar-refractivity contribution in [3.8, 4) is 0 Å². The molecule has 0 aliphatic carbocycles. The Hall–Kier alpha value is -2.18. The van der Waals surface area contributed by atoms with Crippen LogP contribution in [-0.4, -0.2) is 31.1 Å². The number of nitrogens with one attached hydrogen (secondary N) is 2. The molecular formula is C20H21BrN2O3. The molecule has 0 aromatic heterocycles. The summed E-state index contributed by atoms with van der Waals surface area (Å²) in [5.41, 5.74) is 2.84. The number of halogens is 1. The van der Waals surface area contributed by atoms with Crippen LogP contribution >= 0.6 is 15.9 Å². The normalized spacial score (nSPS) is 16.3. The summed E-state index contributed by atoms with van der Waals surface area (Å²) in [6.45, 7) is 3.26. The molecule has 1 heterocycles. The van der Waals surface area contributed by atoms with E-state index < -0.39 is 0 Å². The lowest BCUT2D eigenvalue weighted by molar-refractivity contribution is 0.0857. The number of anilines is 1. The molecule has 136 valence electrons. The van der Waals surface area contributed by atoms with Crippen LogP contribution in [0.4, 0.5) is 5.69 Å². The summed E-state index contributed by atoms with van der Waals surface area (Å²) >= 11 is 3.43. The number of aryl methyl sites for hydroxylation is 1. The second-order valence-corrected chi connectivity index (χ2v) is 7.19. The fourth-order valence-corrected chi connectivity index (χ4v) is 3.14. The van der Waals surface area contributed by atoms with E-state index in [2.05, 4.69) is 26.6 Å². The Bertz CT molecular complexity index is 799. The van der Waals surface area contributed by atoms with Crippen LogP contribution in [0.2, 0.25) is 0 Å². The number of benzene rings is 2. The van der Waals surface area contributed by atoms with Gasteiger partial charge in [-0.2, -0.15) is 0 Å². The first-order valence-electron chi connectivity index (χ1n) is 8.60. The van der Waals surface area contributed by atoms with Crippen molar-refractivity contribution >= 4 is 33.4 Å². The largest absolute Gasteiger partial charge is 0.376 e. The van der Waals surface area contributed by atoms with E-state index in [9.17, 15) is 9.59 Å². The molecule has 5 nitrogen and oxygen atoms in total. The van der Waals surface area contributed by atoms with Crippen LogP contribution in [0.1, 0.15) is 39.1 Å². The van der Waals surface area contributed by atoms with Crippen molar-refractivity contribution in [2.45, 2.75) is 25.9 Å². The van der Waals surface area contributed by atoms with Gasteiger partial charge in [0.15, 0.2) is 0 Å². The lowest BCUT2D eigenvalue weighted by Gasteiger charge is -2.11. The van der Waals surface area contributed by atoms with Crippen molar-refractivity contribution in [3.63, 3.8) is 0 Å². The molecule has 2 amide bonds. The Labute approximate surface area is 161 Å². The molecule has 3 rings (SSSR count). The first-order chi connectivity index (χ1) is 12.5. The van der Waals surface area contributed by atoms with Crippen LogP contribution in [0.25, 0.3) is 0 Å². The SMILES string of the molecule is Cc1ccc(C(=O)Nc2ccc(C(=O)NCC3CCCO3)cc2)cc1Br. The fraction of sp³-hybridized carbons (Fsp3) is 0.300. The molecule has 0 radical (unpaired) electrons. The highest BCUT2D eigenvalue weighted by Crippen LogP contribution is 2.19. The van der Waals surface area contributed by atoms with Gasteiger partial charge in [-0.05, 0) is 61.7 Å². The van der Waals surface area contributed by atoms with Crippen molar-refractivity contribution in [3.05, 3.63) is 63.6 Å². The third-order valence-electron chi connectivity index (χ3n) is 4.35. The minimum Gasteiger partial charge on any atom is -0.376 e. The zero-order valence-corrected chi connectivity index (χ0v) is 16.1. The first-order valence-corrected chi connectivity index (χ1v) is 9.39. The molecule has 1 atom stereocenters. The molecule has 1 aliphatic rings. The van der Waals surface area contributed by atoms with Crippen molar-refractivity contribution in [1.29, 1.82) is 0 Å². The maximum Gasteiger partial charge on any atom is 0.255 e. The topological polar surface area (TPSA) is 67.4 Å². The van der Waals surface area contributed by atoms with Gasteiger partial charge in [0.25, 0.3) is 11.8 Å². The van der Waals surface area contributed by atoms with Gasteiger partial charge in [-0.25, -0.2) is 0 Å². The van der Waals surface area contributed by atoms with E-state index in [4.69, 9.17) is 4.74 Å². The standard InChI is InChI=1S/C20H21BrN2O3/c1-13-4-5-15(11-18(13)21)20(25)23-16-8-6-14(7-9-16)19(24)22-12-17-3-2-10-26-17/h4-9,11,17H,2-3,10,12H2,1H3,(H,22,24)(H,23,25). The van der Waals surface area contributed by atoms with Gasteiger partial charge in [-0.15, -0.1) is 0 Å². The molecule has 1 aliphatic heterocycles. The number of hydrogen-bond donors (Lipinski definition) is 2. The van der Waals surface area contributed by atoms with Crippen LogP contribution in [0, 0.1) is 6.92 Å². The molecule has 0 bridgehead atoms. The second-order valence-electron chi connectivity index (χ2n) is 6.34. The summed E-state index contributed by atoms with van der Waals surface area (Å²) in [4.78, 5) is 24.5. The molecule has 1 unspecified atom stereocenters. The van der Waals surface area contributed by atoms with E-state index in [-0.39, 0.29) is 17.9 Å². The molecule has 2 aromatic rings. The molecule has 26 heavy (non-hydrogen) atoms. The van der Waals surface area contributed by atoms with Gasteiger partial charge in [0.1, 0.15) is 0 Å². The van der Waals surface area contributed by atoms with E-state index in [0.29, 0.717) is 23.4 Å². The van der Waals surface area contributed by atoms with E-state index >= 15 is 0 Å². The Kier molecular flexibility index (Phi) is 6.06. The predicted molar refractivity (Wildman–Crippen MR) is 105 cm³/mol. The molecule has 1 fully saturated rings. The van der Waals surface area contributed by atoms with Crippen molar-refractivity contribution in [1.82, 2.24) is 5.32 Å². The first kappa shape index (κ1) is 18.6. The zero-order valence-electron chi connectivity index (χ0n) is 14.5. The highest BCUT2D eigenvalue weighted by atomic mass is 79.9. The van der Waals surface area contributed by atoms with Gasteiger partial charge in [-0.3, -0.25) is 9.59 Å². The van der Waals surface area contributed by atoms with Gasteiger partial charge >= 0.3 is 0 Å². The summed E-state index contributed by atoms with van der Waals surface area (Å²) in [6, 6.07) is 12.3. The Balaban J connectivity index is 1.57. The maximum atomic E-state index is 12.3. The van der Waals surface area contributed by atoms with E-state index in [1.54, 1.807) is 36.4 Å². The molecule has 2 N–H and O–H groups in total. The zero-order chi connectivity index (χ0) is 18.5. The smallest absolute Gasteiger partial charge is 0.255 e. The summed E-state index contributed by atoms with van der Waals surface area (Å²) in [7, 11) is 0. The third-order valence-corrected chi connectivity index (χ3v) is 5.21. The van der Waals surface area contributed by atoms with Crippen molar-refractivity contribution < 1.29 is 14.3 Å². The number of rotatable bonds is 5. The lowest BCUT2D eigenvalue weighted by Crippen LogP contribution is -2.31. The van der Waals surface area contributed by atoms with Crippen LogP contribution < -0.4 is 10.6 Å². The third kappa shape index (κ3) is 4.71. The highest BCUT2D eigenvalue weighted by molar-refractivity contribution is 9.10. The maximum absolute atomic E-state index is 12.3. The molecule has 6 heteroatoms. The number of amides is 2. The molecular weight excluding hydrogens is 396 g/mol. The Morgan fingerprint density at radius 1 is 1.12 bits per heavy atom. The lowest BCUT2D eigenvalue weighted by atomic mass is 10.1. The molecule has 2 aromatic carbocycles. The Morgan fingerprint density at radius 3 is 2.50 bits per heavy atom. The van der Waals surface area contributed by atoms with Crippen LogP contribution in [0.15, 0.2) is 46.9 Å². The second kappa shape index (κ2) is 8.47. The summed E-state index contributed by atoms with van der Waals surface area (Å²) < 4.78 is 6.39. The summed E-state index contributed by atoms with van der Waals surface area (Å²) in [6.07, 6.45) is 2.15. The monoisotopic (exact) mass is 416 g/mol. The molecule has 1 saturated heterocycles. The molecule has 0 spiro atoms. The summed E-state index contributed by atoms with van der Waals surface area (Å²) in [5.74, 6) is -0.331. The van der Waals surface area contributed by atoms with Crippen LogP contribution in [0.5, 0.6) is 0 Å². The summed E-state index contributed by atoms with van der Waals surface area (Å²) in [5, 5.41) is 5.72. The number of ether oxygens (including phenoxy) is 1. The number of carbonyl (C=O) groups excluding carboxylic acids is 2. The fourth-order valence-electron chi connectivity index (χ4n) is 2.76. The average Bonchev–Trinajstić information content (AvgIpc) is 3.16. The molecule has 0 saturated carbocycles. The van der Waals surface area contributed by atoms with Crippen LogP contribution in [0.3, 0.4) is 0 Å². The van der Waals surface area contributed by atoms with E-state index in [0.717, 1.165) is 29.5 Å². The number of carbonyl (C=O) groups is 2. The van der Waals surface area contributed by atoms with Crippen LogP contribution in [-0.2, 0) is 4.74 Å². The van der Waals surface area contributed by atoms with Gasteiger partial charge in [0.05, 0.1) is 6.10 Å². The predicted octanol–water partition coefficient (Wildman–Crippen LogP) is 3.92. The van der Waals surface area contributed by atoms with Gasteiger partial charge in [0.2, 0.25) is 0 Å². The Morgan fingerprint density at radius 2 is 1.85 bits per heavy atom.